The Morgan fingerprint density at radius 2 is 2.27 bits per heavy atom. The maximum Gasteiger partial charge on any atom is 0.0806 e. The van der Waals surface area contributed by atoms with E-state index in [1.54, 1.807) is 0 Å². The molecule has 1 aromatic carbocycles. The molecule has 0 radical (unpaired) electrons. The first-order chi connectivity index (χ1) is 7.22. The van der Waals surface area contributed by atoms with Crippen LogP contribution in [0, 0.1) is 0 Å². The van der Waals surface area contributed by atoms with E-state index in [1.165, 1.54) is 24.0 Å². The highest BCUT2D eigenvalue weighted by Gasteiger charge is 2.23. The van der Waals surface area contributed by atoms with Crippen LogP contribution < -0.4 is 0 Å². The molecular formula is C13H17BrO. The standard InChI is InChI=1S/C13H17BrO/c1-2-3-4-9-7-10-5-6-12(15)13(10)11(14)8-9/h7-8,12,15H,2-6H2,1H3. The summed E-state index contributed by atoms with van der Waals surface area (Å²) in [4.78, 5) is 0. The normalized spacial score (nSPS) is 19.3. The van der Waals surface area contributed by atoms with Gasteiger partial charge in [-0.25, -0.2) is 0 Å². The van der Waals surface area contributed by atoms with Crippen LogP contribution in [0.15, 0.2) is 16.6 Å². The van der Waals surface area contributed by atoms with Crippen LogP contribution in [0.1, 0.15) is 49.0 Å². The van der Waals surface area contributed by atoms with Crippen LogP contribution >= 0.6 is 15.9 Å². The summed E-state index contributed by atoms with van der Waals surface area (Å²) in [5.41, 5.74) is 3.86. The molecule has 0 heterocycles. The van der Waals surface area contributed by atoms with E-state index in [2.05, 4.69) is 35.0 Å². The summed E-state index contributed by atoms with van der Waals surface area (Å²) >= 11 is 3.57. The Labute approximate surface area is 99.6 Å². The Balaban J connectivity index is 2.27. The SMILES string of the molecule is CCCCc1cc(Br)c2c(c1)CCC2O. The van der Waals surface area contributed by atoms with E-state index in [-0.39, 0.29) is 6.10 Å². The summed E-state index contributed by atoms with van der Waals surface area (Å²) in [7, 11) is 0. The number of rotatable bonds is 3. The summed E-state index contributed by atoms with van der Waals surface area (Å²) in [6, 6.07) is 4.44. The van der Waals surface area contributed by atoms with Crippen molar-refractivity contribution in [2.75, 3.05) is 0 Å². The van der Waals surface area contributed by atoms with Crippen LogP contribution in [0.2, 0.25) is 0 Å². The van der Waals surface area contributed by atoms with Gasteiger partial charge in [0.05, 0.1) is 6.10 Å². The molecule has 0 amide bonds. The van der Waals surface area contributed by atoms with Crippen LogP contribution in [0.3, 0.4) is 0 Å². The maximum atomic E-state index is 9.80. The summed E-state index contributed by atoms with van der Waals surface area (Å²) in [6.45, 7) is 2.21. The topological polar surface area (TPSA) is 20.2 Å². The number of aliphatic hydroxyl groups excluding tert-OH is 1. The van der Waals surface area contributed by atoms with E-state index in [1.807, 2.05) is 0 Å². The lowest BCUT2D eigenvalue weighted by Crippen LogP contribution is -1.94. The number of hydrogen-bond acceptors (Lipinski definition) is 1. The first-order valence-electron chi connectivity index (χ1n) is 5.71. The Kier molecular flexibility index (Phi) is 3.47. The van der Waals surface area contributed by atoms with Gasteiger partial charge in [-0.05, 0) is 48.4 Å². The van der Waals surface area contributed by atoms with Crippen LogP contribution in [0.25, 0.3) is 0 Å². The second-order valence-corrected chi connectivity index (χ2v) is 5.16. The van der Waals surface area contributed by atoms with Gasteiger partial charge in [0.15, 0.2) is 0 Å². The summed E-state index contributed by atoms with van der Waals surface area (Å²) in [6.07, 6.45) is 5.28. The Bertz CT molecular complexity index is 360. The molecule has 2 rings (SSSR count). The highest BCUT2D eigenvalue weighted by Crippen LogP contribution is 2.37. The molecule has 0 bridgehead atoms. The van der Waals surface area contributed by atoms with Crippen LogP contribution in [-0.2, 0) is 12.8 Å². The quantitative estimate of drug-likeness (QED) is 0.885. The minimum atomic E-state index is -0.255. The van der Waals surface area contributed by atoms with Crippen molar-refractivity contribution in [1.82, 2.24) is 0 Å². The summed E-state index contributed by atoms with van der Waals surface area (Å²) in [5, 5.41) is 9.80. The predicted octanol–water partition coefficient (Wildman–Crippen LogP) is 3.77. The zero-order valence-corrected chi connectivity index (χ0v) is 10.7. The molecule has 0 spiro atoms. The molecule has 0 saturated heterocycles. The van der Waals surface area contributed by atoms with Crippen molar-refractivity contribution >= 4 is 15.9 Å². The first kappa shape index (κ1) is 11.2. The van der Waals surface area contributed by atoms with Gasteiger partial charge in [0.25, 0.3) is 0 Å². The van der Waals surface area contributed by atoms with Crippen molar-refractivity contribution in [2.45, 2.75) is 45.1 Å². The monoisotopic (exact) mass is 268 g/mol. The molecule has 1 atom stereocenters. The summed E-state index contributed by atoms with van der Waals surface area (Å²) in [5.74, 6) is 0. The zero-order chi connectivity index (χ0) is 10.8. The average molecular weight is 269 g/mol. The first-order valence-corrected chi connectivity index (χ1v) is 6.51. The Morgan fingerprint density at radius 1 is 1.47 bits per heavy atom. The van der Waals surface area contributed by atoms with Gasteiger partial charge in [-0.2, -0.15) is 0 Å². The Hall–Kier alpha value is -0.340. The highest BCUT2D eigenvalue weighted by atomic mass is 79.9. The molecule has 0 saturated carbocycles. The fourth-order valence-corrected chi connectivity index (χ4v) is 3.09. The second kappa shape index (κ2) is 4.67. The fourth-order valence-electron chi connectivity index (χ4n) is 2.28. The number of hydrogen-bond donors (Lipinski definition) is 1. The van der Waals surface area contributed by atoms with Crippen LogP contribution in [-0.4, -0.2) is 5.11 Å². The predicted molar refractivity (Wildman–Crippen MR) is 66.0 cm³/mol. The molecule has 1 unspecified atom stereocenters. The fraction of sp³-hybridized carbons (Fsp3) is 0.538. The van der Waals surface area contributed by atoms with E-state index in [9.17, 15) is 5.11 Å². The van der Waals surface area contributed by atoms with Crippen molar-refractivity contribution < 1.29 is 5.11 Å². The molecule has 1 aliphatic carbocycles. The number of fused-ring (bicyclic) bond motifs is 1. The number of aliphatic hydroxyl groups is 1. The van der Waals surface area contributed by atoms with Gasteiger partial charge in [-0.1, -0.05) is 35.3 Å². The van der Waals surface area contributed by atoms with Gasteiger partial charge < -0.3 is 5.11 Å². The van der Waals surface area contributed by atoms with Crippen molar-refractivity contribution in [2.24, 2.45) is 0 Å². The molecular weight excluding hydrogens is 252 g/mol. The molecule has 0 aliphatic heterocycles. The molecule has 15 heavy (non-hydrogen) atoms. The number of benzene rings is 1. The maximum absolute atomic E-state index is 9.80. The average Bonchev–Trinajstić information content (AvgIpc) is 2.58. The molecule has 1 aromatic rings. The smallest absolute Gasteiger partial charge is 0.0806 e. The minimum Gasteiger partial charge on any atom is -0.388 e. The van der Waals surface area contributed by atoms with Crippen LogP contribution in [0.5, 0.6) is 0 Å². The summed E-state index contributed by atoms with van der Waals surface area (Å²) < 4.78 is 1.09. The molecule has 1 aliphatic rings. The lowest BCUT2D eigenvalue weighted by molar-refractivity contribution is 0.179. The molecule has 82 valence electrons. The third-order valence-corrected chi connectivity index (χ3v) is 3.77. The lowest BCUT2D eigenvalue weighted by Gasteiger charge is -2.09. The van der Waals surface area contributed by atoms with Crippen molar-refractivity contribution in [1.29, 1.82) is 0 Å². The minimum absolute atomic E-state index is 0.255. The largest absolute Gasteiger partial charge is 0.388 e. The van der Waals surface area contributed by atoms with Gasteiger partial charge in [0.1, 0.15) is 0 Å². The van der Waals surface area contributed by atoms with Gasteiger partial charge in [-0.15, -0.1) is 0 Å². The third-order valence-electron chi connectivity index (χ3n) is 3.11. The van der Waals surface area contributed by atoms with E-state index in [0.717, 1.165) is 29.3 Å². The lowest BCUT2D eigenvalue weighted by atomic mass is 10.0. The van der Waals surface area contributed by atoms with E-state index < -0.39 is 0 Å². The number of aryl methyl sites for hydroxylation is 2. The van der Waals surface area contributed by atoms with E-state index in [0.29, 0.717) is 0 Å². The van der Waals surface area contributed by atoms with E-state index in [4.69, 9.17) is 0 Å². The van der Waals surface area contributed by atoms with Gasteiger partial charge in [-0.3, -0.25) is 0 Å². The molecule has 0 aromatic heterocycles. The second-order valence-electron chi connectivity index (χ2n) is 4.31. The van der Waals surface area contributed by atoms with Crippen molar-refractivity contribution in [3.05, 3.63) is 33.3 Å². The van der Waals surface area contributed by atoms with Gasteiger partial charge in [0, 0.05) is 4.47 Å². The zero-order valence-electron chi connectivity index (χ0n) is 9.09. The third kappa shape index (κ3) is 2.26. The van der Waals surface area contributed by atoms with Crippen molar-refractivity contribution in [3.8, 4) is 0 Å². The highest BCUT2D eigenvalue weighted by molar-refractivity contribution is 9.10. The van der Waals surface area contributed by atoms with Gasteiger partial charge >= 0.3 is 0 Å². The molecule has 2 heteroatoms. The van der Waals surface area contributed by atoms with Crippen LogP contribution in [0.4, 0.5) is 0 Å². The molecule has 0 fully saturated rings. The number of halogens is 1. The van der Waals surface area contributed by atoms with Gasteiger partial charge in [0.2, 0.25) is 0 Å². The Morgan fingerprint density at radius 3 is 3.00 bits per heavy atom. The molecule has 1 nitrogen and oxygen atoms in total. The van der Waals surface area contributed by atoms with E-state index >= 15 is 0 Å². The van der Waals surface area contributed by atoms with Crippen molar-refractivity contribution in [3.63, 3.8) is 0 Å². The number of unbranched alkanes of at least 4 members (excludes halogenated alkanes) is 1. The molecule has 1 N–H and O–H groups in total.